The van der Waals surface area contributed by atoms with Crippen molar-refractivity contribution in [1.29, 1.82) is 0 Å². The molecular weight excluding hydrogens is 227 g/mol. The number of rotatable bonds is 10. The number of nitrogens with one attached hydrogen (secondary N) is 1. The molecule has 0 amide bonds. The fraction of sp³-hybridized carbons (Fsp3) is 1.00. The van der Waals surface area contributed by atoms with Crippen LogP contribution in [0.2, 0.25) is 0 Å². The summed E-state index contributed by atoms with van der Waals surface area (Å²) >= 11 is 0. The quantitative estimate of drug-likeness (QED) is 0.478. The molecule has 0 bridgehead atoms. The summed E-state index contributed by atoms with van der Waals surface area (Å²) in [6.45, 7) is 10.2. The van der Waals surface area contributed by atoms with Gasteiger partial charge in [-0.15, -0.1) is 0 Å². The third-order valence-electron chi connectivity index (χ3n) is 1.85. The lowest BCUT2D eigenvalue weighted by Crippen LogP contribution is -2.38. The molecule has 0 saturated heterocycles. The van der Waals surface area contributed by atoms with E-state index in [1.807, 2.05) is 5.01 Å². The van der Waals surface area contributed by atoms with Crippen LogP contribution in [0.25, 0.3) is 0 Å². The molecule has 0 radical (unpaired) electrons. The van der Waals surface area contributed by atoms with Gasteiger partial charge in [-0.1, -0.05) is 13.8 Å². The minimum absolute atomic E-state index is 0.371. The van der Waals surface area contributed by atoms with Gasteiger partial charge >= 0.3 is 7.75 Å². The zero-order chi connectivity index (χ0) is 12.4. The Morgan fingerprint density at radius 2 is 1.44 bits per heavy atom. The van der Waals surface area contributed by atoms with E-state index in [1.165, 1.54) is 0 Å². The van der Waals surface area contributed by atoms with Gasteiger partial charge < -0.3 is 0 Å². The largest absolute Gasteiger partial charge is 0.419 e. The van der Waals surface area contributed by atoms with Gasteiger partial charge in [0, 0.05) is 13.1 Å². The summed E-state index contributed by atoms with van der Waals surface area (Å²) in [5.41, 5.74) is 0. The third-order valence-corrected chi connectivity index (χ3v) is 3.57. The molecule has 0 unspecified atom stereocenters. The number of hydrogen-bond donors (Lipinski definition) is 1. The van der Waals surface area contributed by atoms with Gasteiger partial charge in [-0.3, -0.25) is 9.05 Å². The normalized spacial score (nSPS) is 12.3. The Bertz CT molecular complexity index is 198. The van der Waals surface area contributed by atoms with Crippen molar-refractivity contribution >= 4 is 7.75 Å². The second-order valence-electron chi connectivity index (χ2n) is 3.42. The fourth-order valence-electron chi connectivity index (χ4n) is 1.36. The van der Waals surface area contributed by atoms with Crippen molar-refractivity contribution in [2.75, 3.05) is 26.3 Å². The summed E-state index contributed by atoms with van der Waals surface area (Å²) in [5.74, 6) is 0. The van der Waals surface area contributed by atoms with E-state index in [2.05, 4.69) is 19.0 Å². The van der Waals surface area contributed by atoms with Crippen molar-refractivity contribution in [1.82, 2.24) is 10.2 Å². The predicted molar refractivity (Wildman–Crippen MR) is 66.1 cm³/mol. The van der Waals surface area contributed by atoms with Crippen molar-refractivity contribution in [3.05, 3.63) is 0 Å². The Labute approximate surface area is 99.0 Å². The van der Waals surface area contributed by atoms with Gasteiger partial charge in [0.05, 0.1) is 13.2 Å². The van der Waals surface area contributed by atoms with Gasteiger partial charge in [-0.05, 0) is 26.7 Å². The Hall–Kier alpha value is 0.0700. The van der Waals surface area contributed by atoms with Crippen LogP contribution in [0.4, 0.5) is 0 Å². The molecule has 5 nitrogen and oxygen atoms in total. The van der Waals surface area contributed by atoms with E-state index in [9.17, 15) is 4.57 Å². The van der Waals surface area contributed by atoms with Crippen LogP contribution in [-0.2, 0) is 13.6 Å². The highest BCUT2D eigenvalue weighted by Crippen LogP contribution is 2.43. The van der Waals surface area contributed by atoms with Gasteiger partial charge in [-0.2, -0.15) is 5.20 Å². The van der Waals surface area contributed by atoms with Crippen LogP contribution in [-0.4, -0.2) is 31.3 Å². The lowest BCUT2D eigenvalue weighted by atomic mass is 10.4. The Kier molecular flexibility index (Phi) is 9.18. The maximum Gasteiger partial charge on any atom is 0.419 e. The SMILES string of the molecule is CCCN(CCC)NP(=O)(OCC)OCC. The standard InChI is InChI=1S/C10H25N2O3P/c1-5-9-12(10-6-2)11-16(13,14-7-3)15-8-4/h5-10H2,1-4H3,(H,11,13). The van der Waals surface area contributed by atoms with Gasteiger partial charge in [0.25, 0.3) is 0 Å². The summed E-state index contributed by atoms with van der Waals surface area (Å²) in [5, 5.41) is 4.79. The zero-order valence-electron chi connectivity index (χ0n) is 10.9. The number of hydrogen-bond acceptors (Lipinski definition) is 4. The summed E-state index contributed by atoms with van der Waals surface area (Å²) in [7, 11) is -3.16. The average molecular weight is 252 g/mol. The molecule has 0 saturated carbocycles. The van der Waals surface area contributed by atoms with Crippen molar-refractivity contribution in [2.24, 2.45) is 0 Å². The topological polar surface area (TPSA) is 50.8 Å². The highest BCUT2D eigenvalue weighted by atomic mass is 31.2. The van der Waals surface area contributed by atoms with Crippen LogP contribution in [0.3, 0.4) is 0 Å². The molecule has 0 aromatic carbocycles. The average Bonchev–Trinajstić information content (AvgIpc) is 2.18. The second-order valence-corrected chi connectivity index (χ2v) is 5.13. The molecule has 0 rings (SSSR count). The van der Waals surface area contributed by atoms with E-state index < -0.39 is 7.75 Å². The van der Waals surface area contributed by atoms with Crippen LogP contribution in [0.1, 0.15) is 40.5 Å². The minimum atomic E-state index is -3.16. The smallest absolute Gasteiger partial charge is 0.296 e. The van der Waals surface area contributed by atoms with Crippen molar-refractivity contribution in [3.8, 4) is 0 Å². The second kappa shape index (κ2) is 9.14. The van der Waals surface area contributed by atoms with Crippen LogP contribution in [0.5, 0.6) is 0 Å². The molecule has 0 spiro atoms. The first-order valence-corrected chi connectivity index (χ1v) is 7.58. The molecule has 0 fully saturated rings. The van der Waals surface area contributed by atoms with E-state index in [-0.39, 0.29) is 0 Å². The molecule has 0 aromatic heterocycles. The first kappa shape index (κ1) is 16.1. The number of hydrazine groups is 1. The van der Waals surface area contributed by atoms with Gasteiger partial charge in [0.2, 0.25) is 0 Å². The van der Waals surface area contributed by atoms with E-state index >= 15 is 0 Å². The maximum atomic E-state index is 12.2. The van der Waals surface area contributed by atoms with Gasteiger partial charge in [-0.25, -0.2) is 9.57 Å². The van der Waals surface area contributed by atoms with E-state index in [1.54, 1.807) is 13.8 Å². The molecule has 98 valence electrons. The van der Waals surface area contributed by atoms with E-state index in [4.69, 9.17) is 9.05 Å². The van der Waals surface area contributed by atoms with Crippen LogP contribution >= 0.6 is 7.75 Å². The third kappa shape index (κ3) is 6.61. The molecule has 0 aliphatic heterocycles. The first-order chi connectivity index (χ1) is 7.61. The van der Waals surface area contributed by atoms with Crippen molar-refractivity contribution in [3.63, 3.8) is 0 Å². The molecule has 0 atom stereocenters. The fourth-order valence-corrected chi connectivity index (χ4v) is 2.78. The highest BCUT2D eigenvalue weighted by molar-refractivity contribution is 7.51. The molecule has 1 N–H and O–H groups in total. The molecule has 0 heterocycles. The Balaban J connectivity index is 4.36. The van der Waals surface area contributed by atoms with E-state index in [0.717, 1.165) is 25.9 Å². The molecule has 0 aliphatic rings. The summed E-state index contributed by atoms with van der Waals surface area (Å²) in [4.78, 5) is 0. The van der Waals surface area contributed by atoms with Crippen LogP contribution in [0, 0.1) is 0 Å². The van der Waals surface area contributed by atoms with Crippen molar-refractivity contribution in [2.45, 2.75) is 40.5 Å². The van der Waals surface area contributed by atoms with Crippen LogP contribution < -0.4 is 5.20 Å². The Morgan fingerprint density at radius 3 is 1.75 bits per heavy atom. The lowest BCUT2D eigenvalue weighted by Gasteiger charge is -2.27. The van der Waals surface area contributed by atoms with Crippen molar-refractivity contribution < 1.29 is 13.6 Å². The van der Waals surface area contributed by atoms with Crippen LogP contribution in [0.15, 0.2) is 0 Å². The Morgan fingerprint density at radius 1 is 1.00 bits per heavy atom. The summed E-state index contributed by atoms with van der Waals surface area (Å²) in [6, 6.07) is 0. The summed E-state index contributed by atoms with van der Waals surface area (Å²) < 4.78 is 22.5. The first-order valence-electron chi connectivity index (χ1n) is 6.03. The molecule has 0 aromatic rings. The van der Waals surface area contributed by atoms with Gasteiger partial charge in [0.15, 0.2) is 0 Å². The molecule has 16 heavy (non-hydrogen) atoms. The molecule has 0 aliphatic carbocycles. The lowest BCUT2D eigenvalue weighted by molar-refractivity contribution is 0.156. The molecule has 6 heteroatoms. The number of nitrogens with zero attached hydrogens (tertiary/aromatic N) is 1. The summed E-state index contributed by atoms with van der Waals surface area (Å²) in [6.07, 6.45) is 1.98. The highest BCUT2D eigenvalue weighted by Gasteiger charge is 2.25. The maximum absolute atomic E-state index is 12.2. The van der Waals surface area contributed by atoms with Gasteiger partial charge in [0.1, 0.15) is 0 Å². The van der Waals surface area contributed by atoms with E-state index in [0.29, 0.717) is 13.2 Å². The zero-order valence-corrected chi connectivity index (χ0v) is 11.8. The monoisotopic (exact) mass is 252 g/mol. The predicted octanol–water partition coefficient (Wildman–Crippen LogP) is 2.79. The molecular formula is C10H25N2O3P. The minimum Gasteiger partial charge on any atom is -0.296 e.